The zero-order valence-corrected chi connectivity index (χ0v) is 13.2. The lowest BCUT2D eigenvalue weighted by atomic mass is 10.1. The van der Waals surface area contributed by atoms with Gasteiger partial charge in [-0.25, -0.2) is 14.2 Å². The largest absolute Gasteiger partial charge is 0.493 e. The summed E-state index contributed by atoms with van der Waals surface area (Å²) in [5.41, 5.74) is 1.31. The molecule has 0 amide bonds. The fourth-order valence-electron chi connectivity index (χ4n) is 2.24. The minimum absolute atomic E-state index is 0.0951. The number of cyclic esters (lactones) is 1. The van der Waals surface area contributed by atoms with E-state index in [2.05, 4.69) is 4.99 Å². The van der Waals surface area contributed by atoms with Crippen LogP contribution in [-0.2, 0) is 9.53 Å². The third kappa shape index (κ3) is 3.51. The third-order valence-corrected chi connectivity index (χ3v) is 3.36. The van der Waals surface area contributed by atoms with Crippen LogP contribution in [0.3, 0.4) is 0 Å². The number of para-hydroxylation sites is 1. The van der Waals surface area contributed by atoms with Crippen LogP contribution >= 0.6 is 0 Å². The van der Waals surface area contributed by atoms with Gasteiger partial charge in [0.25, 0.3) is 0 Å². The average Bonchev–Trinajstić information content (AvgIpc) is 2.95. The molecule has 4 nitrogen and oxygen atoms in total. The van der Waals surface area contributed by atoms with Crippen molar-refractivity contribution in [1.82, 2.24) is 0 Å². The van der Waals surface area contributed by atoms with Gasteiger partial charge in [-0.1, -0.05) is 31.2 Å². The van der Waals surface area contributed by atoms with Crippen molar-refractivity contribution in [2.75, 3.05) is 6.61 Å². The second-order valence-corrected chi connectivity index (χ2v) is 5.23. The fourth-order valence-corrected chi connectivity index (χ4v) is 2.24. The minimum atomic E-state index is -0.570. The van der Waals surface area contributed by atoms with Gasteiger partial charge in [0.15, 0.2) is 5.70 Å². The second kappa shape index (κ2) is 7.08. The van der Waals surface area contributed by atoms with Crippen LogP contribution in [0.4, 0.5) is 4.39 Å². The molecule has 0 aromatic heterocycles. The molecule has 1 heterocycles. The maximum atomic E-state index is 13.3. The summed E-state index contributed by atoms with van der Waals surface area (Å²) in [4.78, 5) is 16.2. The van der Waals surface area contributed by atoms with Crippen LogP contribution < -0.4 is 4.74 Å². The third-order valence-electron chi connectivity index (χ3n) is 3.36. The predicted molar refractivity (Wildman–Crippen MR) is 89.2 cm³/mol. The number of carbonyl (C=O) groups excluding carboxylic acids is 1. The summed E-state index contributed by atoms with van der Waals surface area (Å²) in [7, 11) is 0. The first-order valence-corrected chi connectivity index (χ1v) is 7.67. The highest BCUT2D eigenvalue weighted by molar-refractivity contribution is 6.12. The van der Waals surface area contributed by atoms with Crippen molar-refractivity contribution < 1.29 is 18.7 Å². The first-order chi connectivity index (χ1) is 11.7. The Morgan fingerprint density at radius 1 is 1.21 bits per heavy atom. The summed E-state index contributed by atoms with van der Waals surface area (Å²) in [5, 5.41) is 0. The van der Waals surface area contributed by atoms with Gasteiger partial charge < -0.3 is 9.47 Å². The summed E-state index contributed by atoms with van der Waals surface area (Å²) in [6, 6.07) is 13.1. The van der Waals surface area contributed by atoms with E-state index in [0.717, 1.165) is 12.0 Å². The Balaban J connectivity index is 1.92. The number of hydrogen-bond acceptors (Lipinski definition) is 4. The molecular formula is C19H16FNO3. The molecule has 5 heteroatoms. The first kappa shape index (κ1) is 15.9. The fraction of sp³-hybridized carbons (Fsp3) is 0.158. The maximum absolute atomic E-state index is 13.3. The Morgan fingerprint density at radius 3 is 2.83 bits per heavy atom. The topological polar surface area (TPSA) is 47.9 Å². The first-order valence-electron chi connectivity index (χ1n) is 7.67. The molecule has 0 N–H and O–H groups in total. The van der Waals surface area contributed by atoms with Gasteiger partial charge in [-0.3, -0.25) is 0 Å². The Kier molecular flexibility index (Phi) is 4.70. The average molecular weight is 325 g/mol. The summed E-state index contributed by atoms with van der Waals surface area (Å²) in [6.07, 6.45) is 2.49. The number of rotatable bonds is 5. The van der Waals surface area contributed by atoms with Crippen LogP contribution in [0.25, 0.3) is 6.08 Å². The quantitative estimate of drug-likeness (QED) is 0.617. The van der Waals surface area contributed by atoms with Gasteiger partial charge in [0.1, 0.15) is 11.6 Å². The van der Waals surface area contributed by atoms with E-state index in [9.17, 15) is 9.18 Å². The van der Waals surface area contributed by atoms with Gasteiger partial charge >= 0.3 is 5.97 Å². The van der Waals surface area contributed by atoms with Gasteiger partial charge in [0.2, 0.25) is 5.90 Å². The molecule has 2 aromatic rings. The van der Waals surface area contributed by atoms with E-state index in [-0.39, 0.29) is 11.6 Å². The van der Waals surface area contributed by atoms with Gasteiger partial charge in [-0.05, 0) is 36.8 Å². The van der Waals surface area contributed by atoms with Crippen molar-refractivity contribution in [2.45, 2.75) is 13.3 Å². The van der Waals surface area contributed by atoms with Crippen LogP contribution in [0.5, 0.6) is 5.75 Å². The number of nitrogens with zero attached hydrogens (tertiary/aromatic N) is 1. The van der Waals surface area contributed by atoms with Crippen LogP contribution in [0.1, 0.15) is 24.5 Å². The molecule has 3 rings (SSSR count). The number of benzene rings is 2. The van der Waals surface area contributed by atoms with Crippen molar-refractivity contribution in [3.05, 3.63) is 71.2 Å². The van der Waals surface area contributed by atoms with Crippen molar-refractivity contribution in [2.24, 2.45) is 4.99 Å². The van der Waals surface area contributed by atoms with E-state index in [1.807, 2.05) is 31.2 Å². The Hall–Kier alpha value is -2.95. The van der Waals surface area contributed by atoms with Gasteiger partial charge in [0, 0.05) is 11.1 Å². The molecular weight excluding hydrogens is 309 g/mol. The highest BCUT2D eigenvalue weighted by atomic mass is 19.1. The lowest BCUT2D eigenvalue weighted by molar-refractivity contribution is -0.129. The van der Waals surface area contributed by atoms with E-state index in [4.69, 9.17) is 9.47 Å². The highest BCUT2D eigenvalue weighted by Gasteiger charge is 2.24. The smallest absolute Gasteiger partial charge is 0.363 e. The molecule has 0 atom stereocenters. The molecule has 0 fully saturated rings. The van der Waals surface area contributed by atoms with Crippen molar-refractivity contribution >= 4 is 17.9 Å². The van der Waals surface area contributed by atoms with Crippen LogP contribution in [0.2, 0.25) is 0 Å². The summed E-state index contributed by atoms with van der Waals surface area (Å²) in [5.74, 6) is -0.215. The normalized spacial score (nSPS) is 15.3. The molecule has 1 aliphatic heterocycles. The van der Waals surface area contributed by atoms with Crippen LogP contribution in [0, 0.1) is 5.82 Å². The zero-order chi connectivity index (χ0) is 16.9. The number of ether oxygens (including phenoxy) is 2. The maximum Gasteiger partial charge on any atom is 0.363 e. The van der Waals surface area contributed by atoms with E-state index >= 15 is 0 Å². The molecule has 2 aromatic carbocycles. The summed E-state index contributed by atoms with van der Waals surface area (Å²) in [6.45, 7) is 2.60. The molecule has 0 aliphatic carbocycles. The van der Waals surface area contributed by atoms with E-state index in [1.165, 1.54) is 18.2 Å². The standard InChI is InChI=1S/C19H16FNO3/c1-2-10-23-17-9-4-3-6-13(17)12-16-19(22)24-18(21-16)14-7-5-8-15(20)11-14/h3-9,11-12H,2,10H2,1H3/b16-12+. The van der Waals surface area contributed by atoms with Gasteiger partial charge in [-0.15, -0.1) is 0 Å². The van der Waals surface area contributed by atoms with Gasteiger partial charge in [-0.2, -0.15) is 0 Å². The summed E-state index contributed by atoms with van der Waals surface area (Å²) < 4.78 is 24.1. The van der Waals surface area contributed by atoms with E-state index < -0.39 is 11.8 Å². The Bertz CT molecular complexity index is 827. The molecule has 122 valence electrons. The molecule has 0 unspecified atom stereocenters. The van der Waals surface area contributed by atoms with Crippen LogP contribution in [-0.4, -0.2) is 18.5 Å². The summed E-state index contributed by atoms with van der Waals surface area (Å²) >= 11 is 0. The molecule has 24 heavy (non-hydrogen) atoms. The van der Waals surface area contributed by atoms with Crippen molar-refractivity contribution in [3.63, 3.8) is 0 Å². The number of halogens is 1. The van der Waals surface area contributed by atoms with E-state index in [0.29, 0.717) is 17.9 Å². The number of aliphatic imine (C=N–C) groups is 1. The molecule has 0 spiro atoms. The lowest BCUT2D eigenvalue weighted by Crippen LogP contribution is -2.05. The lowest BCUT2D eigenvalue weighted by Gasteiger charge is -2.07. The van der Waals surface area contributed by atoms with Crippen LogP contribution in [0.15, 0.2) is 59.2 Å². The second-order valence-electron chi connectivity index (χ2n) is 5.23. The molecule has 0 radical (unpaired) electrons. The highest BCUT2D eigenvalue weighted by Crippen LogP contribution is 2.25. The Labute approximate surface area is 139 Å². The molecule has 1 aliphatic rings. The van der Waals surface area contributed by atoms with Crippen molar-refractivity contribution in [3.8, 4) is 5.75 Å². The number of hydrogen-bond donors (Lipinski definition) is 0. The number of carbonyl (C=O) groups is 1. The van der Waals surface area contributed by atoms with E-state index in [1.54, 1.807) is 12.1 Å². The predicted octanol–water partition coefficient (Wildman–Crippen LogP) is 3.96. The SMILES string of the molecule is CCCOc1ccccc1/C=C1/N=C(c2cccc(F)c2)OC1=O. The molecule has 0 saturated heterocycles. The Morgan fingerprint density at radius 2 is 2.04 bits per heavy atom. The van der Waals surface area contributed by atoms with Gasteiger partial charge in [0.05, 0.1) is 6.61 Å². The molecule has 0 saturated carbocycles. The molecule has 0 bridgehead atoms. The zero-order valence-electron chi connectivity index (χ0n) is 13.2. The number of esters is 1. The van der Waals surface area contributed by atoms with Crippen molar-refractivity contribution in [1.29, 1.82) is 0 Å². The monoisotopic (exact) mass is 325 g/mol. The minimum Gasteiger partial charge on any atom is -0.493 e.